The van der Waals surface area contributed by atoms with Gasteiger partial charge in [0.1, 0.15) is 15.8 Å². The van der Waals surface area contributed by atoms with Gasteiger partial charge >= 0.3 is 5.97 Å². The Labute approximate surface area is 181 Å². The molecule has 0 radical (unpaired) electrons. The maximum atomic E-state index is 12.6. The van der Waals surface area contributed by atoms with Crippen LogP contribution in [0, 0.1) is 10.1 Å². The topological polar surface area (TPSA) is 114 Å². The third kappa shape index (κ3) is 5.14. The first-order chi connectivity index (χ1) is 14.4. The summed E-state index contributed by atoms with van der Waals surface area (Å²) in [6.45, 7) is 0.432. The minimum atomic E-state index is -0.831. The van der Waals surface area contributed by atoms with E-state index in [4.69, 9.17) is 21.7 Å². The third-order valence-electron chi connectivity index (χ3n) is 4.41. The van der Waals surface area contributed by atoms with Crippen molar-refractivity contribution in [1.29, 1.82) is 0 Å². The molecular weight excluding hydrogens is 428 g/mol. The maximum Gasteiger partial charge on any atom is 0.303 e. The molecule has 1 saturated heterocycles. The molecule has 156 valence electrons. The maximum absolute atomic E-state index is 12.6. The van der Waals surface area contributed by atoms with Crippen molar-refractivity contribution in [2.24, 2.45) is 0 Å². The van der Waals surface area contributed by atoms with Gasteiger partial charge < -0.3 is 9.52 Å². The summed E-state index contributed by atoms with van der Waals surface area (Å²) in [5, 5.41) is 19.9. The third-order valence-corrected chi connectivity index (χ3v) is 5.79. The summed E-state index contributed by atoms with van der Waals surface area (Å²) in [4.78, 5) is 35.8. The number of para-hydroxylation sites is 1. The smallest absolute Gasteiger partial charge is 0.303 e. The fraction of sp³-hybridized carbons (Fsp3) is 0.250. The van der Waals surface area contributed by atoms with Crippen molar-refractivity contribution in [2.75, 3.05) is 6.54 Å². The van der Waals surface area contributed by atoms with E-state index < -0.39 is 10.9 Å². The second-order valence-corrected chi connectivity index (χ2v) is 8.19. The number of hydrogen-bond donors (Lipinski definition) is 1. The number of carbonyl (C=O) groups is 2. The number of carboxylic acids is 1. The van der Waals surface area contributed by atoms with Crippen LogP contribution in [0.3, 0.4) is 0 Å². The highest BCUT2D eigenvalue weighted by Crippen LogP contribution is 2.35. The summed E-state index contributed by atoms with van der Waals surface area (Å²) >= 11 is 6.45. The summed E-state index contributed by atoms with van der Waals surface area (Å²) < 4.78 is 6.15. The van der Waals surface area contributed by atoms with E-state index in [2.05, 4.69) is 0 Å². The number of aliphatic carboxylic acids is 1. The number of hydrogen-bond acceptors (Lipinski definition) is 7. The van der Waals surface area contributed by atoms with E-state index in [0.717, 1.165) is 0 Å². The molecule has 1 aromatic carbocycles. The zero-order chi connectivity index (χ0) is 21.7. The Balaban J connectivity index is 1.68. The molecule has 0 bridgehead atoms. The van der Waals surface area contributed by atoms with Crippen molar-refractivity contribution in [3.8, 4) is 11.3 Å². The number of nitrogens with zero attached hydrogens (tertiary/aromatic N) is 2. The number of thioether (sulfide) groups is 1. The Bertz CT molecular complexity index is 1030. The summed E-state index contributed by atoms with van der Waals surface area (Å²) in [5.74, 6) is -0.332. The molecule has 0 aliphatic carbocycles. The van der Waals surface area contributed by atoms with Crippen LogP contribution >= 0.6 is 24.0 Å². The van der Waals surface area contributed by atoms with Gasteiger partial charge in [-0.15, -0.1) is 0 Å². The molecule has 1 amide bonds. The van der Waals surface area contributed by atoms with Gasteiger partial charge in [-0.3, -0.25) is 24.6 Å². The lowest BCUT2D eigenvalue weighted by molar-refractivity contribution is -0.384. The lowest BCUT2D eigenvalue weighted by Crippen LogP contribution is -2.29. The quantitative estimate of drug-likeness (QED) is 0.194. The molecule has 2 heterocycles. The molecular formula is C20H18N2O6S2. The first kappa shape index (κ1) is 21.7. The van der Waals surface area contributed by atoms with E-state index in [1.54, 1.807) is 36.4 Å². The van der Waals surface area contributed by atoms with Crippen LogP contribution in [0.4, 0.5) is 5.69 Å². The lowest BCUT2D eigenvalue weighted by Gasteiger charge is -2.13. The second kappa shape index (κ2) is 9.68. The number of furan rings is 1. The first-order valence-electron chi connectivity index (χ1n) is 9.17. The van der Waals surface area contributed by atoms with Gasteiger partial charge in [-0.05, 0) is 31.0 Å². The highest BCUT2D eigenvalue weighted by molar-refractivity contribution is 8.26. The fourth-order valence-electron chi connectivity index (χ4n) is 2.96. The van der Waals surface area contributed by atoms with Crippen molar-refractivity contribution in [2.45, 2.75) is 25.7 Å². The molecule has 2 aromatic rings. The van der Waals surface area contributed by atoms with Crippen LogP contribution in [0.15, 0.2) is 45.7 Å². The number of nitro benzene ring substituents is 1. The predicted molar refractivity (Wildman–Crippen MR) is 117 cm³/mol. The number of rotatable bonds is 9. The van der Waals surface area contributed by atoms with Crippen LogP contribution in [0.2, 0.25) is 0 Å². The van der Waals surface area contributed by atoms with Crippen molar-refractivity contribution < 1.29 is 24.0 Å². The van der Waals surface area contributed by atoms with Crippen LogP contribution in [-0.4, -0.2) is 37.7 Å². The van der Waals surface area contributed by atoms with E-state index in [9.17, 15) is 19.7 Å². The molecule has 0 saturated carbocycles. The van der Waals surface area contributed by atoms with Gasteiger partial charge in [0.05, 0.1) is 15.4 Å². The number of benzene rings is 1. The van der Waals surface area contributed by atoms with Crippen LogP contribution in [0.5, 0.6) is 0 Å². The number of amides is 1. The number of carbonyl (C=O) groups excluding carboxylic acids is 1. The Kier molecular flexibility index (Phi) is 7.01. The first-order valence-corrected chi connectivity index (χ1v) is 10.4. The minimum Gasteiger partial charge on any atom is -0.481 e. The van der Waals surface area contributed by atoms with Crippen LogP contribution in [0.25, 0.3) is 17.4 Å². The van der Waals surface area contributed by atoms with Gasteiger partial charge in [0.15, 0.2) is 0 Å². The number of thiocarbonyl (C=S) groups is 1. The Hall–Kier alpha value is -2.98. The molecule has 1 N–H and O–H groups in total. The Morgan fingerprint density at radius 3 is 2.73 bits per heavy atom. The van der Waals surface area contributed by atoms with Gasteiger partial charge in [-0.2, -0.15) is 0 Å². The lowest BCUT2D eigenvalue weighted by atomic mass is 10.1. The van der Waals surface area contributed by atoms with E-state index >= 15 is 0 Å². The molecule has 1 fully saturated rings. The predicted octanol–water partition coefficient (Wildman–Crippen LogP) is 4.70. The highest BCUT2D eigenvalue weighted by Gasteiger charge is 2.31. The molecule has 30 heavy (non-hydrogen) atoms. The van der Waals surface area contributed by atoms with Crippen molar-refractivity contribution in [1.82, 2.24) is 4.90 Å². The van der Waals surface area contributed by atoms with Crippen LogP contribution in [0.1, 0.15) is 31.4 Å². The number of carboxylic acid groups (broad SMARTS) is 1. The van der Waals surface area contributed by atoms with Crippen molar-refractivity contribution in [3.05, 3.63) is 57.2 Å². The molecule has 1 aromatic heterocycles. The average molecular weight is 447 g/mol. The Morgan fingerprint density at radius 2 is 2.00 bits per heavy atom. The van der Waals surface area contributed by atoms with E-state index in [1.165, 1.54) is 22.7 Å². The van der Waals surface area contributed by atoms with E-state index in [1.807, 2.05) is 0 Å². The SMILES string of the molecule is O=C(O)CCCCCN1C(=O)C(=Cc2ccc(-c3ccccc3[N+](=O)[O-])o2)SC1=S. The van der Waals surface area contributed by atoms with Gasteiger partial charge in [-0.25, -0.2) is 0 Å². The fourth-order valence-corrected chi connectivity index (χ4v) is 4.25. The Morgan fingerprint density at radius 1 is 1.23 bits per heavy atom. The normalized spacial score (nSPS) is 15.2. The summed E-state index contributed by atoms with van der Waals surface area (Å²) in [5.41, 5.74) is 0.295. The second-order valence-electron chi connectivity index (χ2n) is 6.51. The average Bonchev–Trinajstić information content (AvgIpc) is 3.27. The van der Waals surface area contributed by atoms with Crippen molar-refractivity contribution in [3.63, 3.8) is 0 Å². The molecule has 0 spiro atoms. The van der Waals surface area contributed by atoms with Crippen molar-refractivity contribution >= 4 is 51.9 Å². The largest absolute Gasteiger partial charge is 0.481 e. The van der Waals surface area contributed by atoms with Gasteiger partial charge in [-0.1, -0.05) is 42.5 Å². The standard InChI is InChI=1S/C20H18N2O6S2/c23-18(24)8-2-1-5-11-21-19(25)17(30-20(21)29)12-13-9-10-16(28-13)14-6-3-4-7-15(14)22(26)27/h3-4,6-7,9-10,12H,1-2,5,8,11H2,(H,23,24). The number of nitro groups is 1. The van der Waals surface area contributed by atoms with Crippen LogP contribution in [-0.2, 0) is 9.59 Å². The van der Waals surface area contributed by atoms with Gasteiger partial charge in [0, 0.05) is 25.1 Å². The molecule has 8 nitrogen and oxygen atoms in total. The van der Waals surface area contributed by atoms with Crippen LogP contribution < -0.4 is 0 Å². The number of unbranched alkanes of at least 4 members (excludes halogenated alkanes) is 2. The summed E-state index contributed by atoms with van der Waals surface area (Å²) in [6.07, 6.45) is 3.59. The van der Waals surface area contributed by atoms with E-state index in [0.29, 0.717) is 52.1 Å². The highest BCUT2D eigenvalue weighted by atomic mass is 32.2. The molecule has 1 aliphatic heterocycles. The van der Waals surface area contributed by atoms with Gasteiger partial charge in [0.2, 0.25) is 0 Å². The molecule has 0 atom stereocenters. The molecule has 0 unspecified atom stereocenters. The minimum absolute atomic E-state index is 0.0624. The summed E-state index contributed by atoms with van der Waals surface area (Å²) in [7, 11) is 0. The zero-order valence-corrected chi connectivity index (χ0v) is 17.4. The zero-order valence-electron chi connectivity index (χ0n) is 15.8. The van der Waals surface area contributed by atoms with Gasteiger partial charge in [0.25, 0.3) is 11.6 Å². The van der Waals surface area contributed by atoms with E-state index in [-0.39, 0.29) is 18.0 Å². The molecule has 3 rings (SSSR count). The molecule has 1 aliphatic rings. The summed E-state index contributed by atoms with van der Waals surface area (Å²) in [6, 6.07) is 9.54. The molecule has 10 heteroatoms. The monoisotopic (exact) mass is 446 g/mol.